The largest absolute Gasteiger partial charge is 0.361 e. The van der Waals surface area contributed by atoms with Crippen molar-refractivity contribution in [2.24, 2.45) is 0 Å². The van der Waals surface area contributed by atoms with Crippen LogP contribution in [0.2, 0.25) is 0 Å². The van der Waals surface area contributed by atoms with Crippen molar-refractivity contribution in [2.75, 3.05) is 18.0 Å². The van der Waals surface area contributed by atoms with E-state index < -0.39 is 11.9 Å². The second-order valence-electron chi connectivity index (χ2n) is 7.78. The molecule has 3 saturated heterocycles. The van der Waals surface area contributed by atoms with Crippen molar-refractivity contribution >= 4 is 23.4 Å². The summed E-state index contributed by atoms with van der Waals surface area (Å²) < 4.78 is 15.4. The number of piperazine rings is 1. The van der Waals surface area contributed by atoms with Gasteiger partial charge in [-0.3, -0.25) is 19.7 Å². The minimum Gasteiger partial charge on any atom is -0.361 e. The van der Waals surface area contributed by atoms with Crippen LogP contribution in [0.4, 0.5) is 10.1 Å². The summed E-state index contributed by atoms with van der Waals surface area (Å²) in [6.07, 6.45) is 2.54. The summed E-state index contributed by atoms with van der Waals surface area (Å²) in [5.74, 6) is -1.50. The third-order valence-electron chi connectivity index (χ3n) is 6.29. The van der Waals surface area contributed by atoms with Crippen LogP contribution in [0.15, 0.2) is 12.1 Å². The number of piperidine rings is 1. The second kappa shape index (κ2) is 6.02. The van der Waals surface area contributed by atoms with Crippen molar-refractivity contribution < 1.29 is 18.8 Å². The smallest absolute Gasteiger partial charge is 0.255 e. The van der Waals surface area contributed by atoms with Gasteiger partial charge in [-0.2, -0.15) is 0 Å². The number of benzene rings is 1. The molecule has 7 nitrogen and oxygen atoms in total. The summed E-state index contributed by atoms with van der Waals surface area (Å²) in [7, 11) is 0. The molecule has 0 aromatic heterocycles. The molecule has 4 heterocycles. The van der Waals surface area contributed by atoms with Gasteiger partial charge in [-0.15, -0.1) is 0 Å². The Balaban J connectivity index is 1.46. The third kappa shape index (κ3) is 2.46. The number of amides is 3. The van der Waals surface area contributed by atoms with E-state index in [1.54, 1.807) is 12.1 Å². The van der Waals surface area contributed by atoms with E-state index >= 15 is 4.39 Å². The first-order valence-electron chi connectivity index (χ1n) is 9.49. The van der Waals surface area contributed by atoms with Crippen molar-refractivity contribution in [3.05, 3.63) is 29.1 Å². The van der Waals surface area contributed by atoms with Gasteiger partial charge in [-0.1, -0.05) is 0 Å². The maximum absolute atomic E-state index is 15.4. The first-order valence-corrected chi connectivity index (χ1v) is 9.49. The molecule has 3 unspecified atom stereocenters. The van der Waals surface area contributed by atoms with Crippen LogP contribution in [-0.2, 0) is 16.1 Å². The molecule has 1 aromatic rings. The highest BCUT2D eigenvalue weighted by Crippen LogP contribution is 2.38. The molecule has 4 aliphatic heterocycles. The molecule has 0 aliphatic carbocycles. The molecule has 27 heavy (non-hydrogen) atoms. The lowest BCUT2D eigenvalue weighted by Crippen LogP contribution is -2.52. The first-order chi connectivity index (χ1) is 13.0. The number of fused-ring (bicyclic) bond motifs is 3. The van der Waals surface area contributed by atoms with Gasteiger partial charge in [-0.25, -0.2) is 4.39 Å². The third-order valence-corrected chi connectivity index (χ3v) is 6.29. The summed E-state index contributed by atoms with van der Waals surface area (Å²) in [5, 5.41) is 5.66. The van der Waals surface area contributed by atoms with E-state index in [-0.39, 0.29) is 49.1 Å². The van der Waals surface area contributed by atoms with Crippen LogP contribution in [0, 0.1) is 5.82 Å². The minimum absolute atomic E-state index is 0.0710. The summed E-state index contributed by atoms with van der Waals surface area (Å²) in [6, 6.07) is 3.22. The number of rotatable bonds is 2. The maximum atomic E-state index is 15.4. The van der Waals surface area contributed by atoms with Gasteiger partial charge in [0.2, 0.25) is 11.8 Å². The number of hydrogen-bond acceptors (Lipinski definition) is 5. The average molecular weight is 372 g/mol. The molecule has 0 spiro atoms. The molecular weight excluding hydrogens is 351 g/mol. The standard InChI is InChI=1S/C19H21FN4O3/c20-17-13-9-23(15-5-6-16(25)22-18(15)26)19(27)12(13)3-4-14(17)24-10-1-2-11(24)8-21-7-10/h3-4,10-11,15,21H,1-2,5-9H2,(H,22,25,26). The molecule has 2 N–H and O–H groups in total. The molecule has 1 aromatic carbocycles. The number of nitrogens with one attached hydrogen (secondary N) is 2. The van der Waals surface area contributed by atoms with Gasteiger partial charge in [-0.05, 0) is 31.4 Å². The van der Waals surface area contributed by atoms with Crippen LogP contribution in [-0.4, -0.2) is 53.8 Å². The van der Waals surface area contributed by atoms with E-state index in [1.807, 2.05) is 0 Å². The van der Waals surface area contributed by atoms with Crippen molar-refractivity contribution in [2.45, 2.75) is 50.4 Å². The number of halogens is 1. The topological polar surface area (TPSA) is 81.8 Å². The normalized spacial score (nSPS) is 30.0. The summed E-state index contributed by atoms with van der Waals surface area (Å²) in [5.41, 5.74) is 1.24. The quantitative estimate of drug-likeness (QED) is 0.740. The summed E-state index contributed by atoms with van der Waals surface area (Å²) >= 11 is 0. The molecule has 0 saturated carbocycles. The number of imide groups is 1. The Hall–Kier alpha value is -2.48. The fourth-order valence-corrected chi connectivity index (χ4v) is 4.96. The number of nitrogens with zero attached hydrogens (tertiary/aromatic N) is 2. The summed E-state index contributed by atoms with van der Waals surface area (Å²) in [4.78, 5) is 39.8. The van der Waals surface area contributed by atoms with Crippen LogP contribution in [0.5, 0.6) is 0 Å². The van der Waals surface area contributed by atoms with Crippen molar-refractivity contribution in [3.63, 3.8) is 0 Å². The Morgan fingerprint density at radius 2 is 1.78 bits per heavy atom. The van der Waals surface area contributed by atoms with E-state index in [0.29, 0.717) is 16.8 Å². The highest BCUT2D eigenvalue weighted by molar-refractivity contribution is 6.05. The Kier molecular flexibility index (Phi) is 3.72. The lowest BCUT2D eigenvalue weighted by atomic mass is 10.0. The molecule has 3 atom stereocenters. The molecule has 0 radical (unpaired) electrons. The van der Waals surface area contributed by atoms with Gasteiger partial charge in [0.15, 0.2) is 5.82 Å². The van der Waals surface area contributed by atoms with Gasteiger partial charge in [0, 0.05) is 42.7 Å². The number of carbonyl (C=O) groups is 3. The minimum atomic E-state index is -0.721. The molecule has 3 fully saturated rings. The van der Waals surface area contributed by atoms with Gasteiger partial charge in [0.1, 0.15) is 6.04 Å². The highest BCUT2D eigenvalue weighted by atomic mass is 19.1. The van der Waals surface area contributed by atoms with Crippen molar-refractivity contribution in [1.82, 2.24) is 15.5 Å². The van der Waals surface area contributed by atoms with Crippen LogP contribution < -0.4 is 15.5 Å². The zero-order valence-corrected chi connectivity index (χ0v) is 14.8. The average Bonchev–Trinajstić information content (AvgIpc) is 3.09. The van der Waals surface area contributed by atoms with Gasteiger partial charge < -0.3 is 15.1 Å². The highest BCUT2D eigenvalue weighted by Gasteiger charge is 2.43. The molecule has 3 amide bonds. The Morgan fingerprint density at radius 3 is 2.48 bits per heavy atom. The number of hydrogen-bond donors (Lipinski definition) is 2. The second-order valence-corrected chi connectivity index (χ2v) is 7.78. The van der Waals surface area contributed by atoms with Crippen molar-refractivity contribution in [1.29, 1.82) is 0 Å². The SMILES string of the molecule is O=C1CCC(N2Cc3c(ccc(N4C5CCC4CNC5)c3F)C2=O)C(=O)N1. The molecule has 2 bridgehead atoms. The van der Waals surface area contributed by atoms with E-state index in [1.165, 1.54) is 4.90 Å². The fourth-order valence-electron chi connectivity index (χ4n) is 4.96. The number of anilines is 1. The Labute approximate surface area is 155 Å². The molecule has 5 rings (SSSR count). The maximum Gasteiger partial charge on any atom is 0.255 e. The van der Waals surface area contributed by atoms with E-state index in [2.05, 4.69) is 15.5 Å². The van der Waals surface area contributed by atoms with E-state index in [9.17, 15) is 14.4 Å². The van der Waals surface area contributed by atoms with Crippen LogP contribution in [0.1, 0.15) is 41.6 Å². The van der Waals surface area contributed by atoms with Crippen LogP contribution >= 0.6 is 0 Å². The van der Waals surface area contributed by atoms with Gasteiger partial charge >= 0.3 is 0 Å². The predicted molar refractivity (Wildman–Crippen MR) is 94.6 cm³/mol. The van der Waals surface area contributed by atoms with Crippen molar-refractivity contribution in [3.8, 4) is 0 Å². The van der Waals surface area contributed by atoms with E-state index in [4.69, 9.17) is 0 Å². The molecule has 4 aliphatic rings. The first kappa shape index (κ1) is 16.7. The zero-order valence-electron chi connectivity index (χ0n) is 14.8. The molecular formula is C19H21FN4O3. The Morgan fingerprint density at radius 1 is 1.04 bits per heavy atom. The van der Waals surface area contributed by atoms with E-state index in [0.717, 1.165) is 25.9 Å². The van der Waals surface area contributed by atoms with Gasteiger partial charge in [0.05, 0.1) is 12.2 Å². The van der Waals surface area contributed by atoms with Crippen LogP contribution in [0.3, 0.4) is 0 Å². The lowest BCUT2D eigenvalue weighted by Gasteiger charge is -2.37. The lowest BCUT2D eigenvalue weighted by molar-refractivity contribution is -0.136. The predicted octanol–water partition coefficient (Wildman–Crippen LogP) is 0.527. The van der Waals surface area contributed by atoms with Crippen LogP contribution in [0.25, 0.3) is 0 Å². The zero-order chi connectivity index (χ0) is 18.7. The summed E-state index contributed by atoms with van der Waals surface area (Å²) in [6.45, 7) is 1.75. The monoisotopic (exact) mass is 372 g/mol. The molecule has 142 valence electrons. The fraction of sp³-hybridized carbons (Fsp3) is 0.526. The molecule has 8 heteroatoms. The van der Waals surface area contributed by atoms with Gasteiger partial charge in [0.25, 0.3) is 5.91 Å². The number of carbonyl (C=O) groups excluding carboxylic acids is 3. The Bertz CT molecular complexity index is 842.